The highest BCUT2D eigenvalue weighted by Gasteiger charge is 2.44. The third kappa shape index (κ3) is 5.53. The Hall–Kier alpha value is -1.49. The Kier molecular flexibility index (Phi) is 7.24. The fourth-order valence-corrected chi connectivity index (χ4v) is 7.28. The van der Waals surface area contributed by atoms with Crippen molar-refractivity contribution in [1.29, 1.82) is 0 Å². The second-order valence-corrected chi connectivity index (χ2v) is 11.3. The molecule has 2 N–H and O–H groups in total. The highest BCUT2D eigenvalue weighted by molar-refractivity contribution is 7.92. The molecule has 10 heteroatoms. The highest BCUT2D eigenvalue weighted by atomic mass is 32.2. The zero-order valence-electron chi connectivity index (χ0n) is 16.0. The van der Waals surface area contributed by atoms with E-state index < -0.39 is 49.5 Å². The lowest BCUT2D eigenvalue weighted by molar-refractivity contribution is -0.137. The number of carboxylic acid groups (broad SMARTS) is 1. The molecule has 2 atom stereocenters. The summed E-state index contributed by atoms with van der Waals surface area (Å²) in [7, 11) is -7.56. The number of benzene rings is 1. The summed E-state index contributed by atoms with van der Waals surface area (Å²) in [6.45, 7) is 3.54. The van der Waals surface area contributed by atoms with Crippen LogP contribution in [0.2, 0.25) is 0 Å². The Morgan fingerprint density at radius 1 is 1.18 bits per heavy atom. The maximum absolute atomic E-state index is 13.3. The van der Waals surface area contributed by atoms with Crippen LogP contribution in [0.1, 0.15) is 36.8 Å². The van der Waals surface area contributed by atoms with E-state index in [-0.39, 0.29) is 17.9 Å². The van der Waals surface area contributed by atoms with Crippen LogP contribution in [0.25, 0.3) is 0 Å². The Labute approximate surface area is 166 Å². The lowest BCUT2D eigenvalue weighted by Gasteiger charge is -2.30. The van der Waals surface area contributed by atoms with E-state index in [0.717, 1.165) is 9.87 Å². The molecule has 1 fully saturated rings. The summed E-state index contributed by atoms with van der Waals surface area (Å²) >= 11 is 0. The fourth-order valence-electron chi connectivity index (χ4n) is 3.49. The molecule has 1 aromatic rings. The van der Waals surface area contributed by atoms with Gasteiger partial charge in [0, 0.05) is 13.0 Å². The number of carbonyl (C=O) groups is 1. The van der Waals surface area contributed by atoms with E-state index in [2.05, 4.69) is 0 Å². The summed E-state index contributed by atoms with van der Waals surface area (Å²) in [6, 6.07) is 3.86. The maximum atomic E-state index is 13.3. The third-order valence-corrected chi connectivity index (χ3v) is 8.63. The van der Waals surface area contributed by atoms with Gasteiger partial charge in [0.2, 0.25) is 10.0 Å². The van der Waals surface area contributed by atoms with Crippen molar-refractivity contribution in [2.45, 2.75) is 56.6 Å². The van der Waals surface area contributed by atoms with E-state index in [9.17, 15) is 26.7 Å². The van der Waals surface area contributed by atoms with E-state index >= 15 is 0 Å². The predicted molar refractivity (Wildman–Crippen MR) is 104 cm³/mol. The standard InChI is InChI=1S/C18H27NO7S2/c1-13-7-8-17(14(2)10-13)28(25,26)19(9-5-3-4-6-18(21)22)15-11-27(23,24)12-16(15)20/h7-8,10,15-16,20H,3-6,9,11-12H2,1-2H3,(H,21,22)/t15-,16-/m0/s1. The van der Waals surface area contributed by atoms with Gasteiger partial charge in [-0.05, 0) is 38.3 Å². The molecule has 2 rings (SSSR count). The first-order valence-corrected chi connectivity index (χ1v) is 12.4. The quantitative estimate of drug-likeness (QED) is 0.558. The van der Waals surface area contributed by atoms with E-state index in [1.807, 2.05) is 6.92 Å². The van der Waals surface area contributed by atoms with Gasteiger partial charge in [-0.15, -0.1) is 0 Å². The van der Waals surface area contributed by atoms with Gasteiger partial charge in [-0.2, -0.15) is 4.31 Å². The van der Waals surface area contributed by atoms with E-state index in [4.69, 9.17) is 5.11 Å². The lowest BCUT2D eigenvalue weighted by atomic mass is 10.1. The SMILES string of the molecule is Cc1ccc(S(=O)(=O)N(CCCCCC(=O)O)[C@H]2CS(=O)(=O)C[C@@H]2O)c(C)c1. The molecule has 28 heavy (non-hydrogen) atoms. The molecule has 0 amide bonds. The smallest absolute Gasteiger partial charge is 0.303 e. The Balaban J connectivity index is 2.30. The van der Waals surface area contributed by atoms with Crippen molar-refractivity contribution in [2.75, 3.05) is 18.1 Å². The van der Waals surface area contributed by atoms with Gasteiger partial charge in [-0.1, -0.05) is 24.1 Å². The minimum absolute atomic E-state index is 0.00967. The Morgan fingerprint density at radius 3 is 2.39 bits per heavy atom. The zero-order valence-corrected chi connectivity index (χ0v) is 17.7. The first-order chi connectivity index (χ1) is 12.9. The van der Waals surface area contributed by atoms with E-state index in [0.29, 0.717) is 24.8 Å². The highest BCUT2D eigenvalue weighted by Crippen LogP contribution is 2.28. The summed E-state index contributed by atoms with van der Waals surface area (Å²) in [6.07, 6.45) is -0.0335. The van der Waals surface area contributed by atoms with Crippen LogP contribution in [0.5, 0.6) is 0 Å². The number of sulfone groups is 1. The predicted octanol–water partition coefficient (Wildman–Crippen LogP) is 1.10. The summed E-state index contributed by atoms with van der Waals surface area (Å²) in [5.41, 5.74) is 1.45. The van der Waals surface area contributed by atoms with E-state index in [1.165, 1.54) is 6.07 Å². The molecule has 8 nitrogen and oxygen atoms in total. The third-order valence-electron chi connectivity index (χ3n) is 4.85. The number of hydrogen-bond donors (Lipinski definition) is 2. The molecule has 0 saturated carbocycles. The number of nitrogens with zero attached hydrogens (tertiary/aromatic N) is 1. The number of hydrogen-bond acceptors (Lipinski definition) is 6. The molecule has 1 aliphatic heterocycles. The van der Waals surface area contributed by atoms with Gasteiger partial charge in [0.05, 0.1) is 28.5 Å². The van der Waals surface area contributed by atoms with Crippen molar-refractivity contribution < 1.29 is 31.8 Å². The number of aliphatic hydroxyl groups is 1. The monoisotopic (exact) mass is 433 g/mol. The normalized spacial score (nSPS) is 21.9. The summed E-state index contributed by atoms with van der Waals surface area (Å²) in [5.74, 6) is -1.81. The molecule has 1 aliphatic rings. The van der Waals surface area contributed by atoms with Crippen LogP contribution < -0.4 is 0 Å². The summed E-state index contributed by atoms with van der Waals surface area (Å²) < 4.78 is 51.6. The number of sulfonamides is 1. The van der Waals surface area contributed by atoms with E-state index in [1.54, 1.807) is 19.1 Å². The second-order valence-electron chi connectivity index (χ2n) is 7.30. The first-order valence-electron chi connectivity index (χ1n) is 9.13. The minimum Gasteiger partial charge on any atom is -0.481 e. The Bertz CT molecular complexity index is 925. The van der Waals surface area contributed by atoms with Crippen LogP contribution in [-0.2, 0) is 24.7 Å². The molecule has 0 spiro atoms. The number of aliphatic hydroxyl groups excluding tert-OH is 1. The van der Waals surface area contributed by atoms with Crippen molar-refractivity contribution in [1.82, 2.24) is 4.31 Å². The van der Waals surface area contributed by atoms with Gasteiger partial charge in [-0.3, -0.25) is 4.79 Å². The van der Waals surface area contributed by atoms with Crippen LogP contribution in [0.4, 0.5) is 0 Å². The van der Waals surface area contributed by atoms with Crippen molar-refractivity contribution in [2.24, 2.45) is 0 Å². The number of rotatable bonds is 9. The molecule has 1 saturated heterocycles. The average Bonchev–Trinajstić information content (AvgIpc) is 2.82. The van der Waals surface area contributed by atoms with Crippen LogP contribution in [-0.4, -0.2) is 67.5 Å². The summed E-state index contributed by atoms with van der Waals surface area (Å²) in [5, 5.41) is 18.9. The van der Waals surface area contributed by atoms with Gasteiger partial charge in [0.25, 0.3) is 0 Å². The molecule has 158 valence electrons. The molecular weight excluding hydrogens is 406 g/mol. The molecular formula is C18H27NO7S2. The summed E-state index contributed by atoms with van der Waals surface area (Å²) in [4.78, 5) is 10.7. The van der Waals surface area contributed by atoms with Crippen LogP contribution in [0.3, 0.4) is 0 Å². The van der Waals surface area contributed by atoms with Gasteiger partial charge in [0.15, 0.2) is 9.84 Å². The first kappa shape index (κ1) is 22.8. The average molecular weight is 434 g/mol. The molecule has 0 aliphatic carbocycles. The topological polar surface area (TPSA) is 129 Å². The molecule has 0 bridgehead atoms. The van der Waals surface area contributed by atoms with Gasteiger partial charge in [-0.25, -0.2) is 16.8 Å². The van der Waals surface area contributed by atoms with Crippen LogP contribution in [0, 0.1) is 13.8 Å². The maximum Gasteiger partial charge on any atom is 0.303 e. The molecule has 0 aromatic heterocycles. The van der Waals surface area contributed by atoms with Gasteiger partial charge in [0.1, 0.15) is 0 Å². The van der Waals surface area contributed by atoms with Crippen LogP contribution in [0.15, 0.2) is 23.1 Å². The fraction of sp³-hybridized carbons (Fsp3) is 0.611. The molecule has 1 heterocycles. The number of aryl methyl sites for hydroxylation is 2. The van der Waals surface area contributed by atoms with Gasteiger partial charge >= 0.3 is 5.97 Å². The molecule has 1 aromatic carbocycles. The largest absolute Gasteiger partial charge is 0.481 e. The second kappa shape index (κ2) is 8.89. The number of unbranched alkanes of at least 4 members (excludes halogenated alkanes) is 2. The number of aliphatic carboxylic acids is 1. The molecule has 0 radical (unpaired) electrons. The van der Waals surface area contributed by atoms with Crippen molar-refractivity contribution >= 4 is 25.8 Å². The Morgan fingerprint density at radius 2 is 1.86 bits per heavy atom. The van der Waals surface area contributed by atoms with Crippen molar-refractivity contribution in [3.8, 4) is 0 Å². The van der Waals surface area contributed by atoms with Gasteiger partial charge < -0.3 is 10.2 Å². The van der Waals surface area contributed by atoms with Crippen molar-refractivity contribution in [3.63, 3.8) is 0 Å². The number of carboxylic acids is 1. The molecule has 0 unspecified atom stereocenters. The van der Waals surface area contributed by atoms with Crippen LogP contribution >= 0.6 is 0 Å². The zero-order chi connectivity index (χ0) is 21.1. The lowest BCUT2D eigenvalue weighted by Crippen LogP contribution is -2.47. The van der Waals surface area contributed by atoms with Crippen molar-refractivity contribution in [3.05, 3.63) is 29.3 Å². The minimum atomic E-state index is -4.03.